The predicted octanol–water partition coefficient (Wildman–Crippen LogP) is 3.87. The molecule has 0 bridgehead atoms. The fourth-order valence-electron chi connectivity index (χ4n) is 2.28. The van der Waals surface area contributed by atoms with Crippen LogP contribution >= 0.6 is 11.6 Å². The third kappa shape index (κ3) is 3.36. The van der Waals surface area contributed by atoms with Crippen LogP contribution in [0.5, 0.6) is 0 Å². The second-order valence-corrected chi connectivity index (χ2v) is 5.44. The third-order valence-electron chi connectivity index (χ3n) is 3.73. The van der Waals surface area contributed by atoms with E-state index in [0.717, 1.165) is 21.8 Å². The van der Waals surface area contributed by atoms with Crippen molar-refractivity contribution in [1.82, 2.24) is 0 Å². The Morgan fingerprint density at radius 1 is 1.24 bits per heavy atom. The van der Waals surface area contributed by atoms with Crippen LogP contribution < -0.4 is 10.6 Å². The molecule has 0 amide bonds. The second kappa shape index (κ2) is 6.62. The molecule has 1 atom stereocenters. The molecular formula is C17H18ClN3. The molecule has 0 heterocycles. The van der Waals surface area contributed by atoms with E-state index in [0.29, 0.717) is 12.1 Å². The zero-order valence-corrected chi connectivity index (χ0v) is 12.9. The first kappa shape index (κ1) is 15.4. The maximum Gasteiger partial charge on any atom is 0.101 e. The number of nitrogens with two attached hydrogens (primary N) is 1. The van der Waals surface area contributed by atoms with E-state index in [4.69, 9.17) is 17.3 Å². The summed E-state index contributed by atoms with van der Waals surface area (Å²) >= 11 is 5.93. The Labute approximate surface area is 130 Å². The van der Waals surface area contributed by atoms with Crippen LogP contribution in [0.2, 0.25) is 5.02 Å². The van der Waals surface area contributed by atoms with Gasteiger partial charge in [-0.1, -0.05) is 29.8 Å². The van der Waals surface area contributed by atoms with Gasteiger partial charge in [0.05, 0.1) is 17.3 Å². The Hall–Kier alpha value is -2.02. The summed E-state index contributed by atoms with van der Waals surface area (Å²) in [7, 11) is 1.98. The van der Waals surface area contributed by atoms with Gasteiger partial charge in [-0.05, 0) is 42.3 Å². The number of nitriles is 1. The Kier molecular flexibility index (Phi) is 4.85. The molecule has 0 fully saturated rings. The highest BCUT2D eigenvalue weighted by Crippen LogP contribution is 2.29. The quantitative estimate of drug-likeness (QED) is 0.932. The molecule has 0 aromatic heterocycles. The summed E-state index contributed by atoms with van der Waals surface area (Å²) in [5.74, 6) is 0. The van der Waals surface area contributed by atoms with E-state index in [1.54, 1.807) is 0 Å². The lowest BCUT2D eigenvalue weighted by Crippen LogP contribution is -2.22. The highest BCUT2D eigenvalue weighted by Gasteiger charge is 2.15. The lowest BCUT2D eigenvalue weighted by atomic mass is 10.0. The van der Waals surface area contributed by atoms with Crippen molar-refractivity contribution < 1.29 is 0 Å². The number of hydrogen-bond donors (Lipinski definition) is 1. The van der Waals surface area contributed by atoms with Gasteiger partial charge in [0, 0.05) is 18.6 Å². The normalized spacial score (nSPS) is 11.8. The Morgan fingerprint density at radius 2 is 1.90 bits per heavy atom. The van der Waals surface area contributed by atoms with Crippen molar-refractivity contribution in [2.45, 2.75) is 19.5 Å². The molecule has 4 heteroatoms. The van der Waals surface area contributed by atoms with E-state index in [1.807, 2.05) is 49.5 Å². The van der Waals surface area contributed by atoms with Crippen LogP contribution in [0.3, 0.4) is 0 Å². The average molecular weight is 300 g/mol. The van der Waals surface area contributed by atoms with Gasteiger partial charge in [0.25, 0.3) is 0 Å². The van der Waals surface area contributed by atoms with Crippen LogP contribution in [0, 0.1) is 11.3 Å². The number of rotatable bonds is 4. The van der Waals surface area contributed by atoms with Crippen molar-refractivity contribution in [2.24, 2.45) is 5.73 Å². The average Bonchev–Trinajstić information content (AvgIpc) is 2.53. The first-order valence-corrected chi connectivity index (χ1v) is 7.16. The van der Waals surface area contributed by atoms with Gasteiger partial charge in [-0.25, -0.2) is 0 Å². The van der Waals surface area contributed by atoms with Gasteiger partial charge < -0.3 is 10.6 Å². The minimum Gasteiger partial charge on any atom is -0.367 e. The van der Waals surface area contributed by atoms with Crippen molar-refractivity contribution in [3.63, 3.8) is 0 Å². The topological polar surface area (TPSA) is 53.0 Å². The van der Waals surface area contributed by atoms with Gasteiger partial charge >= 0.3 is 0 Å². The van der Waals surface area contributed by atoms with Crippen molar-refractivity contribution in [3.05, 3.63) is 64.2 Å². The maximum absolute atomic E-state index is 9.34. The summed E-state index contributed by atoms with van der Waals surface area (Å²) in [6.45, 7) is 2.53. The predicted molar refractivity (Wildman–Crippen MR) is 87.3 cm³/mol. The Bertz CT molecular complexity index is 659. The summed E-state index contributed by atoms with van der Waals surface area (Å²) in [5.41, 5.74) is 9.28. The zero-order valence-electron chi connectivity index (χ0n) is 12.2. The van der Waals surface area contributed by atoms with E-state index in [1.165, 1.54) is 0 Å². The second-order valence-electron chi connectivity index (χ2n) is 5.01. The number of benzene rings is 2. The van der Waals surface area contributed by atoms with Gasteiger partial charge in [0.2, 0.25) is 0 Å². The van der Waals surface area contributed by atoms with Gasteiger partial charge in [-0.3, -0.25) is 0 Å². The van der Waals surface area contributed by atoms with E-state index in [9.17, 15) is 5.26 Å². The summed E-state index contributed by atoms with van der Waals surface area (Å²) in [4.78, 5) is 2.09. The molecule has 2 N–H and O–H groups in total. The van der Waals surface area contributed by atoms with E-state index < -0.39 is 0 Å². The van der Waals surface area contributed by atoms with Gasteiger partial charge in [0.1, 0.15) is 6.07 Å². The first-order chi connectivity index (χ1) is 10.1. The van der Waals surface area contributed by atoms with Crippen LogP contribution in [0.1, 0.15) is 29.7 Å². The monoisotopic (exact) mass is 299 g/mol. The number of nitrogens with zero attached hydrogens (tertiary/aromatic N) is 2. The van der Waals surface area contributed by atoms with Crippen molar-refractivity contribution in [1.29, 1.82) is 5.26 Å². The SMILES string of the molecule is CC(c1ccc(Cl)cc1)N(C)c1ccc(CN)cc1C#N. The first-order valence-electron chi connectivity index (χ1n) is 6.78. The van der Waals surface area contributed by atoms with E-state index >= 15 is 0 Å². The molecule has 0 aliphatic carbocycles. The number of hydrogen-bond acceptors (Lipinski definition) is 3. The summed E-state index contributed by atoms with van der Waals surface area (Å²) in [5, 5.41) is 10.1. The molecule has 3 nitrogen and oxygen atoms in total. The molecule has 0 saturated heterocycles. The lowest BCUT2D eigenvalue weighted by molar-refractivity contribution is 0.738. The fraction of sp³-hybridized carbons (Fsp3) is 0.235. The maximum atomic E-state index is 9.34. The molecule has 0 aliphatic heterocycles. The number of anilines is 1. The molecule has 0 spiro atoms. The van der Waals surface area contributed by atoms with Crippen molar-refractivity contribution >= 4 is 17.3 Å². The molecule has 1 unspecified atom stereocenters. The highest BCUT2D eigenvalue weighted by molar-refractivity contribution is 6.30. The van der Waals surface area contributed by atoms with E-state index in [-0.39, 0.29) is 6.04 Å². The van der Waals surface area contributed by atoms with Crippen molar-refractivity contribution in [2.75, 3.05) is 11.9 Å². The molecule has 2 aromatic rings. The largest absolute Gasteiger partial charge is 0.367 e. The van der Waals surface area contributed by atoms with Gasteiger partial charge in [-0.2, -0.15) is 5.26 Å². The lowest BCUT2D eigenvalue weighted by Gasteiger charge is -2.28. The summed E-state index contributed by atoms with van der Waals surface area (Å²) < 4.78 is 0. The van der Waals surface area contributed by atoms with Crippen molar-refractivity contribution in [3.8, 4) is 6.07 Å². The highest BCUT2D eigenvalue weighted by atomic mass is 35.5. The minimum atomic E-state index is 0.137. The Morgan fingerprint density at radius 3 is 2.48 bits per heavy atom. The van der Waals surface area contributed by atoms with Crippen LogP contribution in [0.25, 0.3) is 0 Å². The van der Waals surface area contributed by atoms with Gasteiger partial charge in [-0.15, -0.1) is 0 Å². The molecule has 0 radical (unpaired) electrons. The van der Waals surface area contributed by atoms with Crippen LogP contribution in [0.15, 0.2) is 42.5 Å². The Balaban J connectivity index is 2.33. The van der Waals surface area contributed by atoms with Crippen LogP contribution in [0.4, 0.5) is 5.69 Å². The van der Waals surface area contributed by atoms with E-state index in [2.05, 4.69) is 17.9 Å². The zero-order chi connectivity index (χ0) is 15.4. The fourth-order valence-corrected chi connectivity index (χ4v) is 2.41. The number of halogens is 1. The molecule has 108 valence electrons. The minimum absolute atomic E-state index is 0.137. The van der Waals surface area contributed by atoms with Crippen LogP contribution in [-0.4, -0.2) is 7.05 Å². The smallest absolute Gasteiger partial charge is 0.101 e. The van der Waals surface area contributed by atoms with Gasteiger partial charge in [0.15, 0.2) is 0 Å². The molecular weight excluding hydrogens is 282 g/mol. The molecule has 0 aliphatic rings. The molecule has 21 heavy (non-hydrogen) atoms. The van der Waals surface area contributed by atoms with Crippen LogP contribution in [-0.2, 0) is 6.54 Å². The molecule has 0 saturated carbocycles. The summed E-state index contributed by atoms with van der Waals surface area (Å²) in [6.07, 6.45) is 0. The summed E-state index contributed by atoms with van der Waals surface area (Å²) in [6, 6.07) is 15.9. The third-order valence-corrected chi connectivity index (χ3v) is 3.98. The molecule has 2 rings (SSSR count). The standard InChI is InChI=1S/C17H18ClN3/c1-12(14-4-6-16(18)7-5-14)21(2)17-8-3-13(10-19)9-15(17)11-20/h3-9,12H,10,19H2,1-2H3. The molecule has 2 aromatic carbocycles.